The third-order valence-corrected chi connectivity index (χ3v) is 7.13. The number of amides is 1. The quantitative estimate of drug-likeness (QED) is 0.507. The first-order valence-corrected chi connectivity index (χ1v) is 11.4. The van der Waals surface area contributed by atoms with Crippen molar-refractivity contribution in [2.75, 3.05) is 11.1 Å². The molecule has 3 aromatic rings. The Bertz CT molecular complexity index is 946. The molecule has 1 aromatic carbocycles. The number of thiazole rings is 1. The molecule has 2 heterocycles. The summed E-state index contributed by atoms with van der Waals surface area (Å²) in [7, 11) is 0. The first-order chi connectivity index (χ1) is 13.0. The zero-order chi connectivity index (χ0) is 19.4. The molecule has 0 fully saturated rings. The van der Waals surface area contributed by atoms with Crippen LogP contribution in [0.1, 0.15) is 13.8 Å². The Morgan fingerprint density at radius 3 is 2.78 bits per heavy atom. The van der Waals surface area contributed by atoms with E-state index in [-0.39, 0.29) is 11.2 Å². The predicted octanol–water partition coefficient (Wildman–Crippen LogP) is 5.17. The second kappa shape index (κ2) is 9.09. The van der Waals surface area contributed by atoms with Gasteiger partial charge in [0.1, 0.15) is 0 Å². The highest BCUT2D eigenvalue weighted by Crippen LogP contribution is 2.32. The van der Waals surface area contributed by atoms with Gasteiger partial charge in [-0.25, -0.2) is 13.8 Å². The van der Waals surface area contributed by atoms with E-state index in [0.29, 0.717) is 16.4 Å². The lowest BCUT2D eigenvalue weighted by atomic mass is 10.2. The molecule has 2 aromatic heterocycles. The number of carbonyl (C=O) groups is 1. The highest BCUT2D eigenvalue weighted by molar-refractivity contribution is 8.03. The van der Waals surface area contributed by atoms with E-state index in [1.807, 2.05) is 6.92 Å². The van der Waals surface area contributed by atoms with Gasteiger partial charge in [0, 0.05) is 10.9 Å². The van der Waals surface area contributed by atoms with Crippen molar-refractivity contribution in [3.8, 4) is 11.3 Å². The minimum Gasteiger partial charge on any atom is -0.301 e. The van der Waals surface area contributed by atoms with Crippen molar-refractivity contribution in [3.05, 3.63) is 35.2 Å². The monoisotopic (exact) mass is 444 g/mol. The van der Waals surface area contributed by atoms with Crippen LogP contribution in [0.2, 0.25) is 0 Å². The minimum atomic E-state index is -0.936. The maximum atomic E-state index is 13.4. The first kappa shape index (κ1) is 20.2. The Balaban J connectivity index is 1.61. The second-order valence-corrected chi connectivity index (χ2v) is 10.1. The largest absolute Gasteiger partial charge is 0.301 e. The predicted molar refractivity (Wildman–Crippen MR) is 108 cm³/mol. The lowest BCUT2D eigenvalue weighted by molar-refractivity contribution is -0.115. The van der Waals surface area contributed by atoms with E-state index < -0.39 is 11.6 Å². The van der Waals surface area contributed by atoms with E-state index in [2.05, 4.69) is 20.5 Å². The molecule has 0 aliphatic heterocycles. The van der Waals surface area contributed by atoms with Gasteiger partial charge in [0.15, 0.2) is 25.4 Å². The fourth-order valence-electron chi connectivity index (χ4n) is 1.96. The third-order valence-electron chi connectivity index (χ3n) is 3.25. The molecular formula is C16H14F2N4OS4. The molecule has 3 rings (SSSR count). The number of thioether (sulfide) groups is 2. The van der Waals surface area contributed by atoms with Gasteiger partial charge in [0.2, 0.25) is 5.91 Å². The number of aromatic nitrogens is 3. The number of hydrogen-bond acceptors (Lipinski definition) is 8. The first-order valence-electron chi connectivity index (χ1n) is 7.81. The van der Waals surface area contributed by atoms with Gasteiger partial charge in [-0.3, -0.25) is 4.79 Å². The van der Waals surface area contributed by atoms with Crippen LogP contribution < -0.4 is 5.32 Å². The molecule has 0 saturated heterocycles. The zero-order valence-electron chi connectivity index (χ0n) is 14.2. The molecular weight excluding hydrogens is 430 g/mol. The van der Waals surface area contributed by atoms with Crippen molar-refractivity contribution >= 4 is 57.2 Å². The van der Waals surface area contributed by atoms with E-state index >= 15 is 0 Å². The SMILES string of the molecule is CCSc1nnc(SC(C)C(=O)Nc2nc(-c3ccc(F)c(F)c3)cs2)s1. The van der Waals surface area contributed by atoms with Gasteiger partial charge in [-0.2, -0.15) is 0 Å². The molecule has 27 heavy (non-hydrogen) atoms. The van der Waals surface area contributed by atoms with E-state index in [9.17, 15) is 13.6 Å². The molecule has 1 amide bonds. The molecule has 0 radical (unpaired) electrons. The Morgan fingerprint density at radius 1 is 1.26 bits per heavy atom. The number of benzene rings is 1. The third kappa shape index (κ3) is 5.24. The van der Waals surface area contributed by atoms with E-state index in [0.717, 1.165) is 26.6 Å². The average Bonchev–Trinajstić information content (AvgIpc) is 3.27. The lowest BCUT2D eigenvalue weighted by Gasteiger charge is -2.07. The second-order valence-electron chi connectivity index (χ2n) is 5.18. The standard InChI is InChI=1S/C16H14F2N4OS4/c1-3-24-15-21-22-16(27-15)26-8(2)13(23)20-14-19-12(7-25-14)9-4-5-10(17)11(18)6-9/h4-8H,3H2,1-2H3,(H,19,20,23). The summed E-state index contributed by atoms with van der Waals surface area (Å²) in [5.41, 5.74) is 0.919. The van der Waals surface area contributed by atoms with E-state index in [1.54, 1.807) is 24.1 Å². The summed E-state index contributed by atoms with van der Waals surface area (Å²) in [6, 6.07) is 3.57. The Hall–Kier alpha value is -1.56. The van der Waals surface area contributed by atoms with Crippen LogP contribution in [0.15, 0.2) is 32.3 Å². The van der Waals surface area contributed by atoms with E-state index in [4.69, 9.17) is 0 Å². The van der Waals surface area contributed by atoms with Gasteiger partial charge in [-0.1, -0.05) is 41.8 Å². The molecule has 1 unspecified atom stereocenters. The minimum absolute atomic E-state index is 0.217. The molecule has 1 N–H and O–H groups in total. The summed E-state index contributed by atoms with van der Waals surface area (Å²) < 4.78 is 28.0. The number of nitrogens with zero attached hydrogens (tertiary/aromatic N) is 3. The number of rotatable bonds is 7. The average molecular weight is 445 g/mol. The Labute approximate surface area is 171 Å². The molecule has 1 atom stereocenters. The fourth-order valence-corrected chi connectivity index (χ4v) is 5.74. The molecule has 142 valence electrons. The van der Waals surface area contributed by atoms with Gasteiger partial charge < -0.3 is 5.32 Å². The summed E-state index contributed by atoms with van der Waals surface area (Å²) in [5, 5.41) is 12.6. The van der Waals surface area contributed by atoms with Crippen LogP contribution in [0.4, 0.5) is 13.9 Å². The van der Waals surface area contributed by atoms with Crippen molar-refractivity contribution in [2.24, 2.45) is 0 Å². The smallest absolute Gasteiger partial charge is 0.239 e. The van der Waals surface area contributed by atoms with Gasteiger partial charge in [-0.05, 0) is 30.9 Å². The molecule has 0 aliphatic rings. The molecule has 5 nitrogen and oxygen atoms in total. The van der Waals surface area contributed by atoms with Crippen molar-refractivity contribution in [2.45, 2.75) is 27.8 Å². The topological polar surface area (TPSA) is 67.8 Å². The van der Waals surface area contributed by atoms with Gasteiger partial charge in [0.25, 0.3) is 0 Å². The van der Waals surface area contributed by atoms with Crippen LogP contribution in [0, 0.1) is 11.6 Å². The molecule has 0 spiro atoms. The normalized spacial score (nSPS) is 12.1. The van der Waals surface area contributed by atoms with Gasteiger partial charge in [0.05, 0.1) is 10.9 Å². The summed E-state index contributed by atoms with van der Waals surface area (Å²) in [4.78, 5) is 16.6. The van der Waals surface area contributed by atoms with Crippen molar-refractivity contribution in [1.82, 2.24) is 15.2 Å². The van der Waals surface area contributed by atoms with Gasteiger partial charge >= 0.3 is 0 Å². The maximum absolute atomic E-state index is 13.4. The molecule has 0 saturated carbocycles. The number of carbonyl (C=O) groups excluding carboxylic acids is 1. The number of hydrogen-bond donors (Lipinski definition) is 1. The Morgan fingerprint density at radius 2 is 2.04 bits per heavy atom. The van der Waals surface area contributed by atoms with Crippen LogP contribution in [0.25, 0.3) is 11.3 Å². The van der Waals surface area contributed by atoms with Crippen LogP contribution in [0.3, 0.4) is 0 Å². The van der Waals surface area contributed by atoms with Crippen LogP contribution >= 0.6 is 46.2 Å². The summed E-state index contributed by atoms with van der Waals surface area (Å²) in [5.74, 6) is -1.15. The van der Waals surface area contributed by atoms with Crippen LogP contribution in [-0.2, 0) is 4.79 Å². The fraction of sp³-hybridized carbons (Fsp3) is 0.250. The van der Waals surface area contributed by atoms with E-state index in [1.165, 1.54) is 40.5 Å². The summed E-state index contributed by atoms with van der Waals surface area (Å²) in [6.07, 6.45) is 0. The van der Waals surface area contributed by atoms with Crippen molar-refractivity contribution in [1.29, 1.82) is 0 Å². The Kier molecular flexibility index (Phi) is 6.79. The van der Waals surface area contributed by atoms with Gasteiger partial charge in [-0.15, -0.1) is 21.5 Å². The van der Waals surface area contributed by atoms with Crippen LogP contribution in [0.5, 0.6) is 0 Å². The zero-order valence-corrected chi connectivity index (χ0v) is 17.5. The van der Waals surface area contributed by atoms with Crippen LogP contribution in [-0.4, -0.2) is 32.1 Å². The maximum Gasteiger partial charge on any atom is 0.239 e. The van der Waals surface area contributed by atoms with Crippen molar-refractivity contribution < 1.29 is 13.6 Å². The summed E-state index contributed by atoms with van der Waals surface area (Å²) >= 11 is 5.62. The number of anilines is 1. The highest BCUT2D eigenvalue weighted by Gasteiger charge is 2.19. The number of halogens is 2. The number of nitrogens with one attached hydrogen (secondary N) is 1. The molecule has 0 aliphatic carbocycles. The summed E-state index contributed by atoms with van der Waals surface area (Å²) in [6.45, 7) is 3.81. The highest BCUT2D eigenvalue weighted by atomic mass is 32.2. The van der Waals surface area contributed by atoms with Crippen molar-refractivity contribution in [3.63, 3.8) is 0 Å². The molecule has 0 bridgehead atoms. The lowest BCUT2D eigenvalue weighted by Crippen LogP contribution is -2.22. The molecule has 11 heteroatoms.